The largest absolute Gasteiger partial charge is 0.497 e. The molecule has 1 amide bonds. The van der Waals surface area contributed by atoms with Gasteiger partial charge in [-0.25, -0.2) is 13.2 Å². The van der Waals surface area contributed by atoms with E-state index >= 15 is 0 Å². The van der Waals surface area contributed by atoms with Crippen LogP contribution in [0.15, 0.2) is 65.6 Å². The highest BCUT2D eigenvalue weighted by Crippen LogP contribution is 2.36. The summed E-state index contributed by atoms with van der Waals surface area (Å²) >= 11 is 6.27. The number of carbonyl (C=O) groups excluding carboxylic acids is 2. The van der Waals surface area contributed by atoms with Crippen molar-refractivity contribution in [2.24, 2.45) is 0 Å². The standard InChI is InChI=1S/C26H27ClN2O7S/c1-5-36-26(31)18-8-12-22(21(27)14-18)28-25(30)16-29(23-15-19(34-3)9-13-24(23)35-4)37(32,33)20-10-6-17(2)7-11-20/h6-15H,5,16H2,1-4H3,(H,28,30). The van der Waals surface area contributed by atoms with Crippen LogP contribution >= 0.6 is 11.6 Å². The summed E-state index contributed by atoms with van der Waals surface area (Å²) in [5.41, 5.74) is 1.41. The predicted molar refractivity (Wildman–Crippen MR) is 141 cm³/mol. The fourth-order valence-corrected chi connectivity index (χ4v) is 5.06. The first-order valence-electron chi connectivity index (χ1n) is 11.2. The van der Waals surface area contributed by atoms with E-state index in [0.29, 0.717) is 5.75 Å². The Morgan fingerprint density at radius 1 is 0.973 bits per heavy atom. The van der Waals surface area contributed by atoms with Gasteiger partial charge in [0.1, 0.15) is 18.0 Å². The van der Waals surface area contributed by atoms with Crippen LogP contribution in [0.5, 0.6) is 11.5 Å². The Hall–Kier alpha value is -3.76. The Bertz CT molecular complexity index is 1390. The smallest absolute Gasteiger partial charge is 0.338 e. The van der Waals surface area contributed by atoms with Gasteiger partial charge in [0, 0.05) is 6.07 Å². The van der Waals surface area contributed by atoms with Crippen LogP contribution in [0.1, 0.15) is 22.8 Å². The van der Waals surface area contributed by atoms with E-state index in [4.69, 9.17) is 25.8 Å². The number of ether oxygens (including phenoxy) is 3. The van der Waals surface area contributed by atoms with Gasteiger partial charge >= 0.3 is 5.97 Å². The van der Waals surface area contributed by atoms with Crippen LogP contribution in [-0.2, 0) is 19.6 Å². The molecule has 0 radical (unpaired) electrons. The van der Waals surface area contributed by atoms with Gasteiger partial charge in [0.25, 0.3) is 10.0 Å². The molecule has 0 aliphatic rings. The summed E-state index contributed by atoms with van der Waals surface area (Å²) in [5.74, 6) is -0.631. The molecule has 0 saturated carbocycles. The topological polar surface area (TPSA) is 111 Å². The number of esters is 1. The highest BCUT2D eigenvalue weighted by atomic mass is 35.5. The molecular weight excluding hydrogens is 520 g/mol. The molecule has 0 spiro atoms. The van der Waals surface area contributed by atoms with E-state index < -0.39 is 28.4 Å². The first-order valence-corrected chi connectivity index (χ1v) is 13.0. The summed E-state index contributed by atoms with van der Waals surface area (Å²) in [6.45, 7) is 3.12. The Labute approximate surface area is 221 Å². The third-order valence-electron chi connectivity index (χ3n) is 5.31. The molecular formula is C26H27ClN2O7S. The number of benzene rings is 3. The third-order valence-corrected chi connectivity index (χ3v) is 7.39. The lowest BCUT2D eigenvalue weighted by atomic mass is 10.2. The zero-order chi connectivity index (χ0) is 27.2. The fraction of sp³-hybridized carbons (Fsp3) is 0.231. The number of nitrogens with one attached hydrogen (secondary N) is 1. The van der Waals surface area contributed by atoms with Crippen molar-refractivity contribution < 1.29 is 32.2 Å². The van der Waals surface area contributed by atoms with E-state index in [0.717, 1.165) is 9.87 Å². The van der Waals surface area contributed by atoms with Gasteiger partial charge in [-0.15, -0.1) is 0 Å². The van der Waals surface area contributed by atoms with E-state index in [2.05, 4.69) is 5.32 Å². The minimum absolute atomic E-state index is 0.00686. The van der Waals surface area contributed by atoms with Crippen LogP contribution in [-0.4, -0.2) is 47.7 Å². The molecule has 0 aromatic heterocycles. The summed E-state index contributed by atoms with van der Waals surface area (Å²) in [7, 11) is -1.37. The van der Waals surface area contributed by atoms with Gasteiger partial charge in [0.05, 0.1) is 47.7 Å². The molecule has 0 atom stereocenters. The molecule has 3 aromatic rings. The van der Waals surface area contributed by atoms with Gasteiger partial charge in [0.2, 0.25) is 5.91 Å². The number of halogens is 1. The zero-order valence-corrected chi connectivity index (χ0v) is 22.4. The maximum absolute atomic E-state index is 13.7. The summed E-state index contributed by atoms with van der Waals surface area (Å²) in [6.07, 6.45) is 0. The molecule has 0 fully saturated rings. The molecule has 3 aromatic carbocycles. The van der Waals surface area contributed by atoms with Crippen LogP contribution in [0, 0.1) is 6.92 Å². The maximum atomic E-state index is 13.7. The average molecular weight is 547 g/mol. The van der Waals surface area contributed by atoms with Gasteiger partial charge < -0.3 is 19.5 Å². The van der Waals surface area contributed by atoms with Gasteiger partial charge in [-0.05, 0) is 56.3 Å². The van der Waals surface area contributed by atoms with Crippen molar-refractivity contribution in [2.45, 2.75) is 18.7 Å². The van der Waals surface area contributed by atoms with Crippen LogP contribution in [0.3, 0.4) is 0 Å². The van der Waals surface area contributed by atoms with Crippen LogP contribution < -0.4 is 19.1 Å². The monoisotopic (exact) mass is 546 g/mol. The van der Waals surface area contributed by atoms with Gasteiger partial charge in [-0.3, -0.25) is 9.10 Å². The quantitative estimate of drug-likeness (QED) is 0.368. The zero-order valence-electron chi connectivity index (χ0n) is 20.8. The van der Waals surface area contributed by atoms with E-state index in [-0.39, 0.29) is 39.2 Å². The number of hydrogen-bond donors (Lipinski definition) is 1. The molecule has 37 heavy (non-hydrogen) atoms. The normalized spacial score (nSPS) is 10.9. The van der Waals surface area contributed by atoms with Crippen LogP contribution in [0.4, 0.5) is 11.4 Å². The summed E-state index contributed by atoms with van der Waals surface area (Å²) < 4.78 is 44.0. The van der Waals surface area contributed by atoms with E-state index in [9.17, 15) is 18.0 Å². The first kappa shape index (κ1) is 27.8. The lowest BCUT2D eigenvalue weighted by Crippen LogP contribution is -2.38. The minimum atomic E-state index is -4.21. The van der Waals surface area contributed by atoms with Gasteiger partial charge in [-0.1, -0.05) is 29.3 Å². The number of aryl methyl sites for hydroxylation is 1. The molecule has 0 aliphatic carbocycles. The maximum Gasteiger partial charge on any atom is 0.338 e. The molecule has 0 saturated heterocycles. The second-order valence-electron chi connectivity index (χ2n) is 7.83. The Morgan fingerprint density at radius 3 is 2.27 bits per heavy atom. The van der Waals surface area contributed by atoms with Crippen molar-refractivity contribution in [1.29, 1.82) is 0 Å². The van der Waals surface area contributed by atoms with Crippen molar-refractivity contribution in [3.8, 4) is 11.5 Å². The number of methoxy groups -OCH3 is 2. The Balaban J connectivity index is 1.99. The highest BCUT2D eigenvalue weighted by Gasteiger charge is 2.30. The SMILES string of the molecule is CCOC(=O)c1ccc(NC(=O)CN(c2cc(OC)ccc2OC)S(=O)(=O)c2ccc(C)cc2)c(Cl)c1. The lowest BCUT2D eigenvalue weighted by Gasteiger charge is -2.26. The van der Waals surface area contributed by atoms with Crippen LogP contribution in [0.2, 0.25) is 5.02 Å². The second-order valence-corrected chi connectivity index (χ2v) is 10.1. The van der Waals surface area contributed by atoms with Gasteiger partial charge in [0.15, 0.2) is 0 Å². The number of nitrogens with zero attached hydrogens (tertiary/aromatic N) is 1. The lowest BCUT2D eigenvalue weighted by molar-refractivity contribution is -0.114. The number of anilines is 2. The van der Waals surface area contributed by atoms with E-state index in [1.165, 1.54) is 50.6 Å². The summed E-state index contributed by atoms with van der Waals surface area (Å²) in [5, 5.41) is 2.69. The highest BCUT2D eigenvalue weighted by molar-refractivity contribution is 7.92. The number of rotatable bonds is 10. The molecule has 0 aliphatic heterocycles. The molecule has 0 heterocycles. The first-order chi connectivity index (χ1) is 17.6. The fourth-order valence-electron chi connectivity index (χ4n) is 3.41. The van der Waals surface area contributed by atoms with Gasteiger partial charge in [-0.2, -0.15) is 0 Å². The van der Waals surface area contributed by atoms with Crippen molar-refractivity contribution >= 4 is 44.9 Å². The Kier molecular flexibility index (Phi) is 9.01. The number of carbonyl (C=O) groups is 2. The third kappa shape index (κ3) is 6.52. The molecule has 11 heteroatoms. The Morgan fingerprint density at radius 2 is 1.68 bits per heavy atom. The molecule has 196 valence electrons. The number of sulfonamides is 1. The van der Waals surface area contributed by atoms with Crippen molar-refractivity contribution in [1.82, 2.24) is 0 Å². The molecule has 3 rings (SSSR count). The van der Waals surface area contributed by atoms with Crippen molar-refractivity contribution in [3.63, 3.8) is 0 Å². The van der Waals surface area contributed by atoms with Crippen LogP contribution in [0.25, 0.3) is 0 Å². The molecule has 0 unspecified atom stereocenters. The van der Waals surface area contributed by atoms with E-state index in [1.807, 2.05) is 6.92 Å². The number of amides is 1. The van der Waals surface area contributed by atoms with E-state index in [1.54, 1.807) is 31.2 Å². The summed E-state index contributed by atoms with van der Waals surface area (Å²) in [6, 6.07) is 15.2. The molecule has 0 bridgehead atoms. The molecule has 9 nitrogen and oxygen atoms in total. The van der Waals surface area contributed by atoms with Crippen molar-refractivity contribution in [2.75, 3.05) is 37.0 Å². The van der Waals surface area contributed by atoms with Crippen molar-refractivity contribution in [3.05, 3.63) is 76.8 Å². The average Bonchev–Trinajstić information content (AvgIpc) is 2.88. The second kappa shape index (κ2) is 12.0. The predicted octanol–water partition coefficient (Wildman–Crippen LogP) is 4.68. The summed E-state index contributed by atoms with van der Waals surface area (Å²) in [4.78, 5) is 25.1. The minimum Gasteiger partial charge on any atom is -0.497 e. The molecule has 1 N–H and O–H groups in total. The number of hydrogen-bond acceptors (Lipinski definition) is 7.